The van der Waals surface area contributed by atoms with Crippen molar-refractivity contribution in [1.82, 2.24) is 0 Å². The number of phenols is 1. The third-order valence-corrected chi connectivity index (χ3v) is 6.67. The average molecular weight is 637 g/mol. The topological polar surface area (TPSA) is 82.1 Å². The van der Waals surface area contributed by atoms with Crippen LogP contribution in [-0.4, -0.2) is 42.6 Å². The molecule has 0 unspecified atom stereocenters. The molecule has 0 fully saturated rings. The molecular formula is C33H30F6O6. The molecule has 12 heteroatoms. The maximum absolute atomic E-state index is 14.2. The Morgan fingerprint density at radius 3 is 1.73 bits per heavy atom. The highest BCUT2D eigenvalue weighted by molar-refractivity contribution is 5.88. The van der Waals surface area contributed by atoms with E-state index in [4.69, 9.17) is 14.2 Å². The number of aromatic hydroxyl groups is 1. The Morgan fingerprint density at radius 1 is 0.689 bits per heavy atom. The molecule has 0 bridgehead atoms. The molecule has 0 radical (unpaired) electrons. The van der Waals surface area contributed by atoms with Crippen molar-refractivity contribution in [3.8, 4) is 17.2 Å². The van der Waals surface area contributed by atoms with Crippen LogP contribution in [-0.2, 0) is 19.7 Å². The van der Waals surface area contributed by atoms with Crippen LogP contribution < -0.4 is 9.47 Å². The van der Waals surface area contributed by atoms with Crippen LogP contribution in [0.2, 0.25) is 0 Å². The van der Waals surface area contributed by atoms with Crippen molar-refractivity contribution < 1.29 is 55.2 Å². The number of hydrogen-bond donors (Lipinski definition) is 1. The quantitative estimate of drug-likeness (QED) is 0.0634. The number of unbranched alkanes of at least 4 members (excludes halogenated alkanes) is 3. The predicted octanol–water partition coefficient (Wildman–Crippen LogP) is 8.09. The van der Waals surface area contributed by atoms with Crippen LogP contribution in [0, 0.1) is 0 Å². The fourth-order valence-corrected chi connectivity index (χ4v) is 4.44. The molecule has 1 N–H and O–H groups in total. The smallest absolute Gasteiger partial charge is 0.411 e. The van der Waals surface area contributed by atoms with Crippen LogP contribution in [0.3, 0.4) is 0 Å². The molecule has 6 nitrogen and oxygen atoms in total. The van der Waals surface area contributed by atoms with Gasteiger partial charge in [0.1, 0.15) is 17.2 Å². The van der Waals surface area contributed by atoms with Crippen LogP contribution in [0.5, 0.6) is 17.2 Å². The zero-order chi connectivity index (χ0) is 33.1. The minimum absolute atomic E-state index is 0.265. The van der Waals surface area contributed by atoms with Crippen LogP contribution in [0.15, 0.2) is 91.5 Å². The Kier molecular flexibility index (Phi) is 11.8. The largest absolute Gasteiger partial charge is 0.508 e. The lowest BCUT2D eigenvalue weighted by atomic mass is 9.73. The number of ether oxygens (including phenoxy) is 3. The van der Waals surface area contributed by atoms with Crippen LogP contribution >= 0.6 is 0 Å². The molecule has 3 aromatic carbocycles. The van der Waals surface area contributed by atoms with Crippen LogP contribution in [0.25, 0.3) is 6.08 Å². The van der Waals surface area contributed by atoms with Gasteiger partial charge in [0, 0.05) is 12.2 Å². The standard InChI is InChI=1S/C33H30F6O6/c1-2-29(41)44-22-6-4-3-5-21-43-27-16-7-23(8-17-27)9-20-30(42)45-28-18-12-25(13-19-28)31(32(34,35)36,33(37,38)39)24-10-14-26(40)15-11-24/h2,7-20,40H,1,3-6,21-22H2/b20-9+. The second-order valence-corrected chi connectivity index (χ2v) is 9.77. The molecule has 0 aliphatic rings. The van der Waals surface area contributed by atoms with Gasteiger partial charge in [0.15, 0.2) is 0 Å². The number of esters is 2. The number of benzene rings is 3. The summed E-state index contributed by atoms with van der Waals surface area (Å²) in [6.45, 7) is 4.14. The number of alkyl halides is 6. The van der Waals surface area contributed by atoms with Crippen molar-refractivity contribution in [3.63, 3.8) is 0 Å². The third-order valence-electron chi connectivity index (χ3n) is 6.67. The molecule has 0 amide bonds. The van der Waals surface area contributed by atoms with E-state index in [1.165, 1.54) is 6.08 Å². The van der Waals surface area contributed by atoms with E-state index >= 15 is 0 Å². The van der Waals surface area contributed by atoms with Crippen molar-refractivity contribution in [2.24, 2.45) is 0 Å². The number of phenolic OH excluding ortho intramolecular Hbond substituents is 1. The van der Waals surface area contributed by atoms with E-state index in [1.54, 1.807) is 24.3 Å². The summed E-state index contributed by atoms with van der Waals surface area (Å²) in [5.74, 6) is -1.51. The Morgan fingerprint density at radius 2 is 1.20 bits per heavy atom. The molecule has 0 atom stereocenters. The normalized spacial score (nSPS) is 12.1. The van der Waals surface area contributed by atoms with Gasteiger partial charge in [-0.1, -0.05) is 43.0 Å². The van der Waals surface area contributed by atoms with E-state index < -0.39 is 46.6 Å². The molecule has 3 aromatic rings. The highest BCUT2D eigenvalue weighted by Crippen LogP contribution is 2.56. The molecular weight excluding hydrogens is 606 g/mol. The summed E-state index contributed by atoms with van der Waals surface area (Å²) < 4.78 is 101. The van der Waals surface area contributed by atoms with Gasteiger partial charge in [0.05, 0.1) is 13.2 Å². The Labute approximate surface area is 255 Å². The average Bonchev–Trinajstić information content (AvgIpc) is 2.98. The van der Waals surface area contributed by atoms with E-state index in [0.29, 0.717) is 48.8 Å². The predicted molar refractivity (Wildman–Crippen MR) is 154 cm³/mol. The van der Waals surface area contributed by atoms with E-state index in [0.717, 1.165) is 62.1 Å². The van der Waals surface area contributed by atoms with Gasteiger partial charge in [-0.3, -0.25) is 0 Å². The second kappa shape index (κ2) is 15.3. The minimum atomic E-state index is -5.80. The first-order valence-electron chi connectivity index (χ1n) is 13.7. The maximum Gasteiger partial charge on any atom is 0.411 e. The van der Waals surface area contributed by atoms with Crippen molar-refractivity contribution in [2.75, 3.05) is 13.2 Å². The van der Waals surface area contributed by atoms with E-state index in [1.807, 2.05) is 0 Å². The molecule has 0 spiro atoms. The van der Waals surface area contributed by atoms with Gasteiger partial charge in [0.2, 0.25) is 5.41 Å². The molecule has 0 aliphatic heterocycles. The lowest BCUT2D eigenvalue weighted by Crippen LogP contribution is -2.54. The zero-order valence-corrected chi connectivity index (χ0v) is 23.9. The summed E-state index contributed by atoms with van der Waals surface area (Å²) in [4.78, 5) is 23.2. The SMILES string of the molecule is C=CC(=O)OCCCCCCOc1ccc(/C=C/C(=O)Oc2ccc(C(c3ccc(O)cc3)(C(F)(F)F)C(F)(F)F)cc2)cc1. The summed E-state index contributed by atoms with van der Waals surface area (Å²) in [5.41, 5.74) is -6.06. The van der Waals surface area contributed by atoms with Crippen molar-refractivity contribution in [2.45, 2.75) is 43.5 Å². The minimum Gasteiger partial charge on any atom is -0.508 e. The highest BCUT2D eigenvalue weighted by Gasteiger charge is 2.72. The molecule has 0 aromatic heterocycles. The fourth-order valence-electron chi connectivity index (χ4n) is 4.44. The summed E-state index contributed by atoms with van der Waals surface area (Å²) in [6.07, 6.45) is -4.70. The van der Waals surface area contributed by atoms with Gasteiger partial charge in [-0.2, -0.15) is 26.3 Å². The van der Waals surface area contributed by atoms with Gasteiger partial charge in [-0.25, -0.2) is 9.59 Å². The summed E-state index contributed by atoms with van der Waals surface area (Å²) >= 11 is 0. The van der Waals surface area contributed by atoms with Gasteiger partial charge in [-0.15, -0.1) is 0 Å². The molecule has 3 rings (SSSR count). The fraction of sp³-hybridized carbons (Fsp3) is 0.273. The number of carbonyl (C=O) groups is 2. The first-order chi connectivity index (χ1) is 21.3. The number of hydrogen-bond acceptors (Lipinski definition) is 6. The number of rotatable bonds is 14. The second-order valence-electron chi connectivity index (χ2n) is 9.77. The first-order valence-corrected chi connectivity index (χ1v) is 13.7. The van der Waals surface area contributed by atoms with Crippen molar-refractivity contribution in [1.29, 1.82) is 0 Å². The van der Waals surface area contributed by atoms with Crippen LogP contribution in [0.4, 0.5) is 26.3 Å². The van der Waals surface area contributed by atoms with E-state index in [-0.39, 0.29) is 5.75 Å². The van der Waals surface area contributed by atoms with Gasteiger partial charge in [-0.05, 0) is 84.8 Å². The Hall–Kier alpha value is -4.74. The summed E-state index contributed by atoms with van der Waals surface area (Å²) in [5, 5.41) is 9.40. The first kappa shape index (κ1) is 34.7. The molecule has 240 valence electrons. The van der Waals surface area contributed by atoms with Crippen LogP contribution in [0.1, 0.15) is 42.4 Å². The highest BCUT2D eigenvalue weighted by atomic mass is 19.4. The van der Waals surface area contributed by atoms with Crippen molar-refractivity contribution >= 4 is 18.0 Å². The Bertz CT molecular complexity index is 1430. The molecule has 45 heavy (non-hydrogen) atoms. The molecule has 0 heterocycles. The Balaban J connectivity index is 1.57. The summed E-state index contributed by atoms with van der Waals surface area (Å²) in [6, 6.07) is 12.2. The molecule has 0 saturated carbocycles. The number of halogens is 6. The summed E-state index contributed by atoms with van der Waals surface area (Å²) in [7, 11) is 0. The van der Waals surface area contributed by atoms with Gasteiger partial charge >= 0.3 is 24.3 Å². The molecule has 0 saturated heterocycles. The lowest BCUT2D eigenvalue weighted by Gasteiger charge is -2.38. The third kappa shape index (κ3) is 9.13. The monoisotopic (exact) mass is 636 g/mol. The molecule has 0 aliphatic carbocycles. The van der Waals surface area contributed by atoms with E-state index in [2.05, 4.69) is 6.58 Å². The van der Waals surface area contributed by atoms with E-state index in [9.17, 15) is 41.0 Å². The maximum atomic E-state index is 14.2. The number of carbonyl (C=O) groups excluding carboxylic acids is 2. The lowest BCUT2D eigenvalue weighted by molar-refractivity contribution is -0.288. The van der Waals surface area contributed by atoms with Gasteiger partial charge < -0.3 is 19.3 Å². The zero-order valence-electron chi connectivity index (χ0n) is 23.9. The van der Waals surface area contributed by atoms with Gasteiger partial charge in [0.25, 0.3) is 0 Å². The van der Waals surface area contributed by atoms with Crippen molar-refractivity contribution in [3.05, 3.63) is 108 Å².